The first-order valence-corrected chi connectivity index (χ1v) is 7.25. The van der Waals surface area contributed by atoms with Crippen LogP contribution < -0.4 is 10.1 Å². The van der Waals surface area contributed by atoms with Crippen molar-refractivity contribution >= 4 is 0 Å². The van der Waals surface area contributed by atoms with Crippen molar-refractivity contribution < 1.29 is 9.47 Å². The normalized spacial score (nSPS) is 10.8. The summed E-state index contributed by atoms with van der Waals surface area (Å²) in [7, 11) is 1.70. The van der Waals surface area contributed by atoms with Gasteiger partial charge >= 0.3 is 0 Å². The fraction of sp³-hybridized carbons (Fsp3) is 0.438. The summed E-state index contributed by atoms with van der Waals surface area (Å²) in [5.74, 6) is 1.81. The lowest BCUT2D eigenvalue weighted by molar-refractivity contribution is 0.199. The van der Waals surface area contributed by atoms with E-state index in [0.717, 1.165) is 37.8 Å². The van der Waals surface area contributed by atoms with Crippen molar-refractivity contribution in [1.29, 1.82) is 0 Å². The molecule has 0 aliphatic carbocycles. The van der Waals surface area contributed by atoms with E-state index in [1.54, 1.807) is 13.3 Å². The maximum absolute atomic E-state index is 5.83. The van der Waals surface area contributed by atoms with Crippen LogP contribution in [-0.2, 0) is 24.4 Å². The number of benzene rings is 1. The highest BCUT2D eigenvalue weighted by Gasteiger charge is 2.03. The second-order valence-corrected chi connectivity index (χ2v) is 4.74. The second-order valence-electron chi connectivity index (χ2n) is 4.74. The van der Waals surface area contributed by atoms with Crippen LogP contribution in [0.3, 0.4) is 0 Å². The summed E-state index contributed by atoms with van der Waals surface area (Å²) in [5.41, 5.74) is 1.20. The zero-order chi connectivity index (χ0) is 14.9. The van der Waals surface area contributed by atoms with E-state index >= 15 is 0 Å². The van der Waals surface area contributed by atoms with E-state index in [2.05, 4.69) is 33.9 Å². The van der Waals surface area contributed by atoms with Crippen LogP contribution in [0.5, 0.6) is 5.75 Å². The molecule has 5 nitrogen and oxygen atoms in total. The number of methoxy groups -OCH3 is 1. The molecule has 0 fully saturated rings. The molecule has 0 amide bonds. The third-order valence-electron chi connectivity index (χ3n) is 3.22. The molecule has 0 saturated carbocycles. The largest absolute Gasteiger partial charge is 0.486 e. The summed E-state index contributed by atoms with van der Waals surface area (Å²) < 4.78 is 12.9. The van der Waals surface area contributed by atoms with Crippen LogP contribution in [0.15, 0.2) is 36.7 Å². The van der Waals surface area contributed by atoms with Gasteiger partial charge in [-0.15, -0.1) is 0 Å². The highest BCUT2D eigenvalue weighted by atomic mass is 16.5. The van der Waals surface area contributed by atoms with Crippen molar-refractivity contribution in [3.63, 3.8) is 0 Å². The van der Waals surface area contributed by atoms with Crippen LogP contribution in [0.25, 0.3) is 0 Å². The SMILES string of the molecule is CCn1ccnc1COc1cccc(CNCCOC)c1. The van der Waals surface area contributed by atoms with E-state index in [-0.39, 0.29) is 0 Å². The molecule has 114 valence electrons. The lowest BCUT2D eigenvalue weighted by Gasteiger charge is -2.09. The Labute approximate surface area is 125 Å². The summed E-state index contributed by atoms with van der Waals surface area (Å²) in [6.07, 6.45) is 3.77. The van der Waals surface area contributed by atoms with Crippen LogP contribution in [0.4, 0.5) is 0 Å². The van der Waals surface area contributed by atoms with Gasteiger partial charge in [0.1, 0.15) is 18.2 Å². The van der Waals surface area contributed by atoms with Gasteiger partial charge in [-0.2, -0.15) is 0 Å². The smallest absolute Gasteiger partial charge is 0.146 e. The Bertz CT molecular complexity index is 540. The predicted octanol–water partition coefficient (Wildman–Crippen LogP) is 2.22. The Morgan fingerprint density at radius 1 is 1.33 bits per heavy atom. The number of aromatic nitrogens is 2. The molecule has 1 N–H and O–H groups in total. The molecule has 1 aromatic carbocycles. The fourth-order valence-electron chi connectivity index (χ4n) is 2.07. The number of ether oxygens (including phenoxy) is 2. The molecule has 0 unspecified atom stereocenters. The molecule has 0 bridgehead atoms. The molecule has 1 aromatic heterocycles. The number of rotatable bonds is 9. The van der Waals surface area contributed by atoms with E-state index in [0.29, 0.717) is 6.61 Å². The van der Waals surface area contributed by atoms with Gasteiger partial charge in [-0.3, -0.25) is 0 Å². The monoisotopic (exact) mass is 289 g/mol. The molecule has 0 spiro atoms. The zero-order valence-electron chi connectivity index (χ0n) is 12.7. The first-order chi connectivity index (χ1) is 10.3. The standard InChI is InChI=1S/C16H23N3O2/c1-3-19-9-7-18-16(19)13-21-15-6-4-5-14(11-15)12-17-8-10-20-2/h4-7,9,11,17H,3,8,10,12-13H2,1-2H3. The Kier molecular flexibility index (Phi) is 6.24. The number of hydrogen-bond donors (Lipinski definition) is 1. The zero-order valence-corrected chi connectivity index (χ0v) is 12.7. The molecule has 21 heavy (non-hydrogen) atoms. The molecular formula is C16H23N3O2. The highest BCUT2D eigenvalue weighted by Crippen LogP contribution is 2.14. The van der Waals surface area contributed by atoms with Crippen molar-refractivity contribution in [1.82, 2.24) is 14.9 Å². The van der Waals surface area contributed by atoms with E-state index in [1.807, 2.05) is 18.3 Å². The second kappa shape index (κ2) is 8.44. The van der Waals surface area contributed by atoms with E-state index in [1.165, 1.54) is 5.56 Å². The van der Waals surface area contributed by atoms with Gasteiger partial charge in [-0.25, -0.2) is 4.98 Å². The van der Waals surface area contributed by atoms with Crippen LogP contribution in [-0.4, -0.2) is 29.8 Å². The molecule has 0 aliphatic heterocycles. The van der Waals surface area contributed by atoms with Crippen molar-refractivity contribution in [3.8, 4) is 5.75 Å². The maximum Gasteiger partial charge on any atom is 0.146 e. The quantitative estimate of drug-likeness (QED) is 0.719. The van der Waals surface area contributed by atoms with Gasteiger partial charge < -0.3 is 19.4 Å². The first-order valence-electron chi connectivity index (χ1n) is 7.25. The number of nitrogens with one attached hydrogen (secondary N) is 1. The number of hydrogen-bond acceptors (Lipinski definition) is 4. The molecule has 2 rings (SSSR count). The average molecular weight is 289 g/mol. The van der Waals surface area contributed by atoms with Crippen LogP contribution in [0.1, 0.15) is 18.3 Å². The average Bonchev–Trinajstić information content (AvgIpc) is 2.97. The van der Waals surface area contributed by atoms with Crippen LogP contribution in [0.2, 0.25) is 0 Å². The fourth-order valence-corrected chi connectivity index (χ4v) is 2.07. The van der Waals surface area contributed by atoms with Gasteiger partial charge in [-0.05, 0) is 24.6 Å². The molecule has 0 aliphatic rings. The number of aryl methyl sites for hydroxylation is 1. The van der Waals surface area contributed by atoms with Crippen LogP contribution >= 0.6 is 0 Å². The minimum Gasteiger partial charge on any atom is -0.486 e. The van der Waals surface area contributed by atoms with E-state index in [9.17, 15) is 0 Å². The summed E-state index contributed by atoms with van der Waals surface area (Å²) in [4.78, 5) is 4.31. The minimum absolute atomic E-state index is 0.487. The van der Waals surface area contributed by atoms with Crippen LogP contribution in [0, 0.1) is 0 Å². The Balaban J connectivity index is 1.86. The lowest BCUT2D eigenvalue weighted by Crippen LogP contribution is -2.18. The predicted molar refractivity (Wildman–Crippen MR) is 82.3 cm³/mol. The third kappa shape index (κ3) is 4.88. The third-order valence-corrected chi connectivity index (χ3v) is 3.22. The summed E-state index contributed by atoms with van der Waals surface area (Å²) >= 11 is 0. The van der Waals surface area contributed by atoms with E-state index in [4.69, 9.17) is 9.47 Å². The lowest BCUT2D eigenvalue weighted by atomic mass is 10.2. The highest BCUT2D eigenvalue weighted by molar-refractivity contribution is 5.28. The number of nitrogens with zero attached hydrogens (tertiary/aromatic N) is 2. The molecule has 5 heteroatoms. The van der Waals surface area contributed by atoms with Crippen molar-refractivity contribution in [2.45, 2.75) is 26.6 Å². The van der Waals surface area contributed by atoms with Gasteiger partial charge in [0, 0.05) is 39.1 Å². The minimum atomic E-state index is 0.487. The Hall–Kier alpha value is -1.85. The topological polar surface area (TPSA) is 48.3 Å². The van der Waals surface area contributed by atoms with Gasteiger partial charge in [0.25, 0.3) is 0 Å². The summed E-state index contributed by atoms with van der Waals surface area (Å²) in [6, 6.07) is 8.12. The van der Waals surface area contributed by atoms with Gasteiger partial charge in [0.15, 0.2) is 0 Å². The van der Waals surface area contributed by atoms with Gasteiger partial charge in [-0.1, -0.05) is 12.1 Å². The van der Waals surface area contributed by atoms with Crippen molar-refractivity contribution in [2.24, 2.45) is 0 Å². The summed E-state index contributed by atoms with van der Waals surface area (Å²) in [5, 5.41) is 3.32. The molecule has 1 heterocycles. The summed E-state index contributed by atoms with van der Waals surface area (Å²) in [6.45, 7) is 5.86. The van der Waals surface area contributed by atoms with Gasteiger partial charge in [0.2, 0.25) is 0 Å². The molecule has 0 radical (unpaired) electrons. The van der Waals surface area contributed by atoms with E-state index < -0.39 is 0 Å². The van der Waals surface area contributed by atoms with Gasteiger partial charge in [0.05, 0.1) is 6.61 Å². The maximum atomic E-state index is 5.83. The van der Waals surface area contributed by atoms with Crippen molar-refractivity contribution in [3.05, 3.63) is 48.0 Å². The Morgan fingerprint density at radius 2 is 2.24 bits per heavy atom. The molecule has 2 aromatic rings. The molecular weight excluding hydrogens is 266 g/mol. The first kappa shape index (κ1) is 15.5. The van der Waals surface area contributed by atoms with Crippen molar-refractivity contribution in [2.75, 3.05) is 20.3 Å². The Morgan fingerprint density at radius 3 is 3.05 bits per heavy atom. The number of imidazole rings is 1. The molecule has 0 saturated heterocycles. The molecule has 0 atom stereocenters.